The second-order valence-corrected chi connectivity index (χ2v) is 6.39. The topological polar surface area (TPSA) is 81.3 Å². The van der Waals surface area contributed by atoms with Crippen molar-refractivity contribution >= 4 is 11.9 Å². The van der Waals surface area contributed by atoms with E-state index in [-0.39, 0.29) is 6.04 Å². The van der Waals surface area contributed by atoms with Crippen molar-refractivity contribution in [3.8, 4) is 0 Å². The Bertz CT molecular complexity index is 641. The Morgan fingerprint density at radius 2 is 2.22 bits per heavy atom. The number of nitrogens with one attached hydrogen (secondary N) is 2. The highest BCUT2D eigenvalue weighted by Gasteiger charge is 2.19. The zero-order chi connectivity index (χ0) is 17.0. The van der Waals surface area contributed by atoms with Crippen LogP contribution in [0.25, 0.3) is 0 Å². The van der Waals surface area contributed by atoms with Gasteiger partial charge in [0.15, 0.2) is 0 Å². The van der Waals surface area contributed by atoms with Crippen molar-refractivity contribution in [2.45, 2.75) is 45.9 Å². The van der Waals surface area contributed by atoms with Gasteiger partial charge in [0.25, 0.3) is 0 Å². The van der Waals surface area contributed by atoms with Gasteiger partial charge in [0.05, 0.1) is 18.5 Å². The summed E-state index contributed by atoms with van der Waals surface area (Å²) in [6.07, 6.45) is 2.86. The van der Waals surface area contributed by atoms with Gasteiger partial charge in [-0.05, 0) is 39.8 Å². The molecule has 7 heteroatoms. The summed E-state index contributed by atoms with van der Waals surface area (Å²) in [5.41, 5.74) is 0.325. The highest BCUT2D eigenvalue weighted by Crippen LogP contribution is 2.18. The lowest BCUT2D eigenvalue weighted by Crippen LogP contribution is -2.28. The fourth-order valence-electron chi connectivity index (χ4n) is 2.08. The quantitative estimate of drug-likeness (QED) is 0.884. The van der Waals surface area contributed by atoms with Crippen LogP contribution in [0.4, 0.5) is 10.6 Å². The molecule has 1 amide bonds. The standard InChI is InChI=1S/C16H24N4O3/c1-11(13-7-6-8-22-13)17-9-12-10-18-20(5)14(12)19-15(21)23-16(2,3)4/h6-8,10-11,17H,9H2,1-5H3,(H,19,21). The van der Waals surface area contributed by atoms with Gasteiger partial charge in [0.2, 0.25) is 0 Å². The number of nitrogens with zero attached hydrogens (tertiary/aromatic N) is 2. The van der Waals surface area contributed by atoms with Crippen molar-refractivity contribution in [1.82, 2.24) is 15.1 Å². The zero-order valence-electron chi connectivity index (χ0n) is 14.2. The van der Waals surface area contributed by atoms with Gasteiger partial charge in [0, 0.05) is 19.2 Å². The largest absolute Gasteiger partial charge is 0.468 e. The summed E-state index contributed by atoms with van der Waals surface area (Å²) in [5, 5.41) is 10.3. The molecular weight excluding hydrogens is 296 g/mol. The molecule has 23 heavy (non-hydrogen) atoms. The molecule has 0 fully saturated rings. The first-order valence-electron chi connectivity index (χ1n) is 7.54. The fraction of sp³-hybridized carbons (Fsp3) is 0.500. The minimum atomic E-state index is -0.547. The van der Waals surface area contributed by atoms with E-state index in [2.05, 4.69) is 15.7 Å². The molecule has 2 N–H and O–H groups in total. The number of furan rings is 1. The molecular formula is C16H24N4O3. The van der Waals surface area contributed by atoms with Gasteiger partial charge < -0.3 is 14.5 Å². The van der Waals surface area contributed by atoms with Crippen molar-refractivity contribution in [3.63, 3.8) is 0 Å². The van der Waals surface area contributed by atoms with E-state index in [1.165, 1.54) is 0 Å². The van der Waals surface area contributed by atoms with Crippen LogP contribution < -0.4 is 10.6 Å². The van der Waals surface area contributed by atoms with E-state index in [0.717, 1.165) is 11.3 Å². The number of anilines is 1. The Kier molecular flexibility index (Phi) is 5.10. The molecule has 0 aromatic carbocycles. The summed E-state index contributed by atoms with van der Waals surface area (Å²) >= 11 is 0. The SMILES string of the molecule is CC(NCc1cnn(C)c1NC(=O)OC(C)(C)C)c1ccco1. The number of rotatable bonds is 5. The van der Waals surface area contributed by atoms with E-state index >= 15 is 0 Å². The zero-order valence-corrected chi connectivity index (χ0v) is 14.2. The lowest BCUT2D eigenvalue weighted by Gasteiger charge is -2.20. The monoisotopic (exact) mass is 320 g/mol. The number of hydrogen-bond acceptors (Lipinski definition) is 5. The smallest absolute Gasteiger partial charge is 0.413 e. The summed E-state index contributed by atoms with van der Waals surface area (Å²) in [4.78, 5) is 11.9. The molecule has 126 valence electrons. The maximum atomic E-state index is 11.9. The van der Waals surface area contributed by atoms with Crippen molar-refractivity contribution in [3.05, 3.63) is 35.9 Å². The molecule has 0 aliphatic heterocycles. The summed E-state index contributed by atoms with van der Waals surface area (Å²) in [7, 11) is 1.77. The molecule has 2 aromatic rings. The average Bonchev–Trinajstić information content (AvgIpc) is 3.06. The van der Waals surface area contributed by atoms with Crippen molar-refractivity contribution in [1.29, 1.82) is 0 Å². The van der Waals surface area contributed by atoms with Crippen LogP contribution in [0.2, 0.25) is 0 Å². The molecule has 7 nitrogen and oxygen atoms in total. The van der Waals surface area contributed by atoms with Gasteiger partial charge in [0.1, 0.15) is 17.2 Å². The number of aryl methyl sites for hydroxylation is 1. The predicted octanol–water partition coefficient (Wildman–Crippen LogP) is 3.21. The maximum absolute atomic E-state index is 11.9. The van der Waals surface area contributed by atoms with Crippen LogP contribution in [0, 0.1) is 0 Å². The minimum Gasteiger partial charge on any atom is -0.468 e. The Hall–Kier alpha value is -2.28. The van der Waals surface area contributed by atoms with E-state index in [1.807, 2.05) is 39.8 Å². The number of hydrogen-bond donors (Lipinski definition) is 2. The van der Waals surface area contributed by atoms with E-state index in [0.29, 0.717) is 12.4 Å². The summed E-state index contributed by atoms with van der Waals surface area (Å²) in [5.74, 6) is 1.47. The molecule has 2 rings (SSSR count). The minimum absolute atomic E-state index is 0.0552. The Balaban J connectivity index is 1.99. The number of carbonyl (C=O) groups excluding carboxylic acids is 1. The average molecular weight is 320 g/mol. The third kappa shape index (κ3) is 4.85. The first-order valence-corrected chi connectivity index (χ1v) is 7.54. The maximum Gasteiger partial charge on any atom is 0.413 e. The van der Waals surface area contributed by atoms with Crippen LogP contribution in [0.15, 0.2) is 29.0 Å². The van der Waals surface area contributed by atoms with Gasteiger partial charge in [-0.3, -0.25) is 10.00 Å². The normalized spacial score (nSPS) is 12.9. The highest BCUT2D eigenvalue weighted by molar-refractivity contribution is 5.84. The summed E-state index contributed by atoms with van der Waals surface area (Å²) in [6, 6.07) is 3.83. The van der Waals surface area contributed by atoms with E-state index in [4.69, 9.17) is 9.15 Å². The van der Waals surface area contributed by atoms with Gasteiger partial charge in [-0.25, -0.2) is 4.79 Å². The van der Waals surface area contributed by atoms with Crippen LogP contribution in [-0.4, -0.2) is 21.5 Å². The van der Waals surface area contributed by atoms with Crippen LogP contribution in [0.1, 0.15) is 45.1 Å². The van der Waals surface area contributed by atoms with Crippen LogP contribution in [0.5, 0.6) is 0 Å². The number of aromatic nitrogens is 2. The second-order valence-electron chi connectivity index (χ2n) is 6.39. The first kappa shape index (κ1) is 17.1. The van der Waals surface area contributed by atoms with Crippen molar-refractivity contribution < 1.29 is 13.9 Å². The van der Waals surface area contributed by atoms with Crippen molar-refractivity contribution in [2.24, 2.45) is 7.05 Å². The summed E-state index contributed by atoms with van der Waals surface area (Å²) in [6.45, 7) is 8.02. The van der Waals surface area contributed by atoms with Gasteiger partial charge in [-0.1, -0.05) is 0 Å². The lowest BCUT2D eigenvalue weighted by atomic mass is 10.2. The Morgan fingerprint density at radius 3 is 2.83 bits per heavy atom. The number of amides is 1. The molecule has 1 unspecified atom stereocenters. The van der Waals surface area contributed by atoms with Crippen LogP contribution in [0.3, 0.4) is 0 Å². The third-order valence-corrected chi connectivity index (χ3v) is 3.20. The van der Waals surface area contributed by atoms with E-state index in [1.54, 1.807) is 24.2 Å². The third-order valence-electron chi connectivity index (χ3n) is 3.20. The van der Waals surface area contributed by atoms with Gasteiger partial charge in [-0.15, -0.1) is 0 Å². The molecule has 2 aromatic heterocycles. The molecule has 0 aliphatic carbocycles. The van der Waals surface area contributed by atoms with Gasteiger partial charge >= 0.3 is 6.09 Å². The predicted molar refractivity (Wildman–Crippen MR) is 87.0 cm³/mol. The first-order chi connectivity index (χ1) is 10.8. The molecule has 2 heterocycles. The Morgan fingerprint density at radius 1 is 1.48 bits per heavy atom. The molecule has 0 bridgehead atoms. The summed E-state index contributed by atoms with van der Waals surface area (Å²) < 4.78 is 12.3. The Labute approximate surface area is 136 Å². The molecule has 0 saturated heterocycles. The fourth-order valence-corrected chi connectivity index (χ4v) is 2.08. The van der Waals surface area contributed by atoms with Crippen LogP contribution in [-0.2, 0) is 18.3 Å². The molecule has 0 spiro atoms. The highest BCUT2D eigenvalue weighted by atomic mass is 16.6. The number of carbonyl (C=O) groups is 1. The second kappa shape index (κ2) is 6.87. The molecule has 0 radical (unpaired) electrons. The van der Waals surface area contributed by atoms with Gasteiger partial charge in [-0.2, -0.15) is 5.10 Å². The number of ether oxygens (including phenoxy) is 1. The van der Waals surface area contributed by atoms with E-state index in [9.17, 15) is 4.79 Å². The van der Waals surface area contributed by atoms with E-state index < -0.39 is 11.7 Å². The van der Waals surface area contributed by atoms with Crippen LogP contribution >= 0.6 is 0 Å². The molecule has 1 atom stereocenters. The molecule has 0 saturated carbocycles. The van der Waals surface area contributed by atoms with Crippen molar-refractivity contribution in [2.75, 3.05) is 5.32 Å². The molecule has 0 aliphatic rings. The lowest BCUT2D eigenvalue weighted by molar-refractivity contribution is 0.0634.